The predicted molar refractivity (Wildman–Crippen MR) is 28.0 cm³/mol. The molecule has 6 heavy (non-hydrogen) atoms. The molecule has 0 heterocycles. The summed E-state index contributed by atoms with van der Waals surface area (Å²) in [7, 11) is 0. The molecule has 30 valence electrons. The molecule has 2 heteroatoms. The second kappa shape index (κ2) is 9.12. The van der Waals surface area contributed by atoms with Crippen molar-refractivity contribution in [3.8, 4) is 0 Å². The number of thioether (sulfide) groups is 1. The van der Waals surface area contributed by atoms with Gasteiger partial charge in [-0.25, -0.2) is 24.4 Å². The van der Waals surface area contributed by atoms with Crippen molar-refractivity contribution in [3.63, 3.8) is 0 Å². The first kappa shape index (κ1) is 9.75. The van der Waals surface area contributed by atoms with E-state index in [4.69, 9.17) is 0 Å². The Bertz CT molecular complexity index is 28.7. The summed E-state index contributed by atoms with van der Waals surface area (Å²) >= 11 is 1.66. The first-order valence-electron chi connectivity index (χ1n) is 1.39. The van der Waals surface area contributed by atoms with E-state index < -0.39 is 0 Å². The van der Waals surface area contributed by atoms with Gasteiger partial charge in [-0.15, -0.1) is 0 Å². The molecule has 0 aromatic heterocycles. The van der Waals surface area contributed by atoms with Crippen molar-refractivity contribution in [2.45, 2.75) is 0 Å². The van der Waals surface area contributed by atoms with Gasteiger partial charge in [0.15, 0.2) is 0 Å². The van der Waals surface area contributed by atoms with Gasteiger partial charge in [0.05, 0.1) is 0 Å². The Labute approximate surface area is 55.6 Å². The molecule has 0 radical (unpaired) electrons. The molecule has 0 saturated carbocycles. The fraction of sp³-hybridized carbons (Fsp3) is 0.250. The molecule has 0 spiro atoms. The Balaban J connectivity index is 0. The molecular weight excluding hydrogens is 87.1 g/mol. The van der Waals surface area contributed by atoms with Crippen molar-refractivity contribution in [3.05, 3.63) is 18.4 Å². The average molecular weight is 94.1 g/mol. The van der Waals surface area contributed by atoms with Crippen LogP contribution in [0.1, 0.15) is 0 Å². The summed E-state index contributed by atoms with van der Waals surface area (Å²) in [4.78, 5) is 0. The van der Waals surface area contributed by atoms with Crippen LogP contribution in [0.5, 0.6) is 0 Å². The monoisotopic (exact) mass is 94.0 g/mol. The smallest absolute Gasteiger partial charge is 0.244 e. The summed E-state index contributed by atoms with van der Waals surface area (Å²) in [5.41, 5.74) is 0. The maximum atomic E-state index is 3.47. The van der Waals surface area contributed by atoms with Crippen LogP contribution >= 0.6 is 11.8 Å². The second-order valence-electron chi connectivity index (χ2n) is 0.607. The number of hydrogen-bond acceptors (Lipinski definition) is 1. The fourth-order valence-corrected chi connectivity index (χ4v) is 0.289. The van der Waals surface area contributed by atoms with Gasteiger partial charge in [0.25, 0.3) is 0 Å². The van der Waals surface area contributed by atoms with Gasteiger partial charge in [0.1, 0.15) is 0 Å². The van der Waals surface area contributed by atoms with Crippen molar-refractivity contribution in [2.24, 2.45) is 0 Å². The molecule has 0 atom stereocenters. The van der Waals surface area contributed by atoms with E-state index in [1.165, 1.54) is 0 Å². The minimum Gasteiger partial charge on any atom is -0.244 e. The van der Waals surface area contributed by atoms with Crippen LogP contribution in [0.2, 0.25) is 0 Å². The van der Waals surface area contributed by atoms with Gasteiger partial charge in [-0.05, 0) is 6.26 Å². The third-order valence-electron chi connectivity index (χ3n) is 0.232. The Hall–Kier alpha value is 0.557. The van der Waals surface area contributed by atoms with E-state index in [0.29, 0.717) is 0 Å². The van der Waals surface area contributed by atoms with Gasteiger partial charge in [0.2, 0.25) is 0 Å². The molecule has 0 nitrogen and oxygen atoms in total. The minimum atomic E-state index is 0. The maximum Gasteiger partial charge on any atom is 1.00 e. The van der Waals surface area contributed by atoms with Gasteiger partial charge < -0.3 is 0 Å². The Kier molecular flexibility index (Phi) is 14.8. The van der Waals surface area contributed by atoms with E-state index in [0.717, 1.165) is 0 Å². The molecule has 0 aliphatic heterocycles. The van der Waals surface area contributed by atoms with Gasteiger partial charge in [-0.3, -0.25) is 0 Å². The largest absolute Gasteiger partial charge is 1.00 e. The SMILES string of the molecule is C=C[CH-]SC.[Li+]. The molecular formula is C4H7LiS. The Morgan fingerprint density at radius 1 is 1.83 bits per heavy atom. The molecule has 0 aromatic rings. The van der Waals surface area contributed by atoms with Gasteiger partial charge in [-0.2, -0.15) is 5.75 Å². The van der Waals surface area contributed by atoms with Crippen LogP contribution < -0.4 is 18.9 Å². The molecule has 0 saturated heterocycles. The molecule has 0 aromatic carbocycles. The standard InChI is InChI=1S/C4H7S.Li/c1-3-4-5-2;/h3-4H,1H2,2H3;/q-1;+1. The molecule has 0 aliphatic carbocycles. The topological polar surface area (TPSA) is 0 Å². The summed E-state index contributed by atoms with van der Waals surface area (Å²) in [5, 5.41) is 0. The van der Waals surface area contributed by atoms with Crippen molar-refractivity contribution in [2.75, 3.05) is 6.26 Å². The molecule has 0 N–H and O–H groups in total. The molecule has 0 rings (SSSR count). The van der Waals surface area contributed by atoms with Gasteiger partial charge >= 0.3 is 18.9 Å². The summed E-state index contributed by atoms with van der Waals surface area (Å²) in [5.74, 6) is 1.93. The van der Waals surface area contributed by atoms with Crippen LogP contribution in [0.25, 0.3) is 0 Å². The predicted octanol–water partition coefficient (Wildman–Crippen LogP) is -1.30. The molecule has 0 bridgehead atoms. The zero-order valence-corrected chi connectivity index (χ0v) is 5.09. The minimum absolute atomic E-state index is 0. The summed E-state index contributed by atoms with van der Waals surface area (Å²) in [6.07, 6.45) is 3.77. The van der Waals surface area contributed by atoms with Gasteiger partial charge in [-0.1, -0.05) is 0 Å². The summed E-state index contributed by atoms with van der Waals surface area (Å²) in [6, 6.07) is 0. The number of rotatable bonds is 2. The third-order valence-corrected chi connectivity index (χ3v) is 0.697. The van der Waals surface area contributed by atoms with Crippen molar-refractivity contribution < 1.29 is 18.9 Å². The zero-order chi connectivity index (χ0) is 4.12. The van der Waals surface area contributed by atoms with E-state index in [9.17, 15) is 0 Å². The fourth-order valence-electron chi connectivity index (χ4n) is 0.0962. The van der Waals surface area contributed by atoms with Crippen LogP contribution in [0.4, 0.5) is 0 Å². The maximum absolute atomic E-state index is 3.47. The summed E-state index contributed by atoms with van der Waals surface area (Å²) in [6.45, 7) is 3.47. The Morgan fingerprint density at radius 2 is 2.33 bits per heavy atom. The first-order chi connectivity index (χ1) is 2.41. The van der Waals surface area contributed by atoms with Crippen molar-refractivity contribution in [1.82, 2.24) is 0 Å². The normalized spacial score (nSPS) is 5.50. The van der Waals surface area contributed by atoms with Crippen LogP contribution in [-0.4, -0.2) is 6.26 Å². The van der Waals surface area contributed by atoms with E-state index in [1.54, 1.807) is 17.8 Å². The average Bonchev–Trinajstić information content (AvgIpc) is 1.41. The van der Waals surface area contributed by atoms with E-state index >= 15 is 0 Å². The molecule has 0 unspecified atom stereocenters. The van der Waals surface area contributed by atoms with Crippen LogP contribution in [0, 0.1) is 5.75 Å². The van der Waals surface area contributed by atoms with Gasteiger partial charge in [0, 0.05) is 0 Å². The van der Waals surface area contributed by atoms with E-state index in [1.807, 2.05) is 12.0 Å². The third kappa shape index (κ3) is 8.82. The van der Waals surface area contributed by atoms with Crippen LogP contribution in [-0.2, 0) is 0 Å². The van der Waals surface area contributed by atoms with Crippen molar-refractivity contribution in [1.29, 1.82) is 0 Å². The molecule has 0 aliphatic rings. The zero-order valence-electron chi connectivity index (χ0n) is 4.27. The van der Waals surface area contributed by atoms with Crippen molar-refractivity contribution >= 4 is 11.8 Å². The van der Waals surface area contributed by atoms with E-state index in [2.05, 4.69) is 6.58 Å². The van der Waals surface area contributed by atoms with Crippen LogP contribution in [0.3, 0.4) is 0 Å². The van der Waals surface area contributed by atoms with Crippen LogP contribution in [0.15, 0.2) is 12.7 Å². The molecule has 0 amide bonds. The quantitative estimate of drug-likeness (QED) is 0.303. The van der Waals surface area contributed by atoms with E-state index in [-0.39, 0.29) is 18.9 Å². The summed E-state index contributed by atoms with van der Waals surface area (Å²) < 4.78 is 0. The molecule has 0 fully saturated rings. The first-order valence-corrected chi connectivity index (χ1v) is 2.67. The Morgan fingerprint density at radius 3 is 2.33 bits per heavy atom. The second-order valence-corrected chi connectivity index (χ2v) is 1.35. The number of hydrogen-bond donors (Lipinski definition) is 0.